The van der Waals surface area contributed by atoms with Crippen molar-refractivity contribution in [1.82, 2.24) is 5.16 Å². The lowest BCUT2D eigenvalue weighted by atomic mass is 10.1. The van der Waals surface area contributed by atoms with E-state index in [1.165, 1.54) is 0 Å². The molecule has 0 radical (unpaired) electrons. The fourth-order valence-electron chi connectivity index (χ4n) is 1.55. The van der Waals surface area contributed by atoms with Crippen LogP contribution in [0.4, 0.5) is 0 Å². The van der Waals surface area contributed by atoms with Gasteiger partial charge in [0, 0.05) is 17.8 Å². The van der Waals surface area contributed by atoms with Gasteiger partial charge in [-0.25, -0.2) is 0 Å². The first kappa shape index (κ1) is 9.21. The van der Waals surface area contributed by atoms with Crippen LogP contribution in [0.15, 0.2) is 22.7 Å². The number of nitrogens with two attached hydrogens (primary N) is 1. The summed E-state index contributed by atoms with van der Waals surface area (Å²) in [5.74, 6) is 1.29. The van der Waals surface area contributed by atoms with Crippen LogP contribution in [0.5, 0.6) is 0 Å². The van der Waals surface area contributed by atoms with Crippen LogP contribution in [0, 0.1) is 0 Å². The first-order valence-corrected chi connectivity index (χ1v) is 4.80. The Hall–Kier alpha value is -1.35. The van der Waals surface area contributed by atoms with E-state index in [4.69, 9.17) is 10.3 Å². The van der Waals surface area contributed by atoms with E-state index in [0.29, 0.717) is 12.5 Å². The maximum atomic E-state index is 5.58. The third-order valence-corrected chi connectivity index (χ3v) is 2.33. The second-order valence-electron chi connectivity index (χ2n) is 3.76. The third-order valence-electron chi connectivity index (χ3n) is 2.33. The van der Waals surface area contributed by atoms with Crippen LogP contribution in [0.1, 0.15) is 31.1 Å². The average Bonchev–Trinajstić information content (AvgIpc) is 2.59. The van der Waals surface area contributed by atoms with Gasteiger partial charge in [0.15, 0.2) is 0 Å². The Kier molecular flexibility index (Phi) is 2.25. The van der Waals surface area contributed by atoms with E-state index in [-0.39, 0.29) is 0 Å². The smallest absolute Gasteiger partial charge is 0.147 e. The monoisotopic (exact) mass is 190 g/mol. The summed E-state index contributed by atoms with van der Waals surface area (Å²) < 4.78 is 5.29. The Morgan fingerprint density at radius 2 is 2.21 bits per heavy atom. The minimum absolute atomic E-state index is 0.355. The van der Waals surface area contributed by atoms with Crippen LogP contribution in [-0.2, 0) is 6.54 Å². The van der Waals surface area contributed by atoms with Gasteiger partial charge >= 0.3 is 0 Å². The average molecular weight is 190 g/mol. The molecule has 0 bridgehead atoms. The Balaban J connectivity index is 2.63. The Morgan fingerprint density at radius 3 is 2.86 bits per heavy atom. The molecule has 0 fully saturated rings. The number of fused-ring (bicyclic) bond motifs is 1. The maximum absolute atomic E-state index is 5.58. The van der Waals surface area contributed by atoms with E-state index in [1.54, 1.807) is 0 Å². The first-order valence-electron chi connectivity index (χ1n) is 4.80. The minimum atomic E-state index is 0.355. The van der Waals surface area contributed by atoms with Crippen molar-refractivity contribution in [3.8, 4) is 0 Å². The normalized spacial score (nSPS) is 11.4. The summed E-state index contributed by atoms with van der Waals surface area (Å²) in [4.78, 5) is 0. The molecule has 14 heavy (non-hydrogen) atoms. The quantitative estimate of drug-likeness (QED) is 0.791. The molecular weight excluding hydrogens is 176 g/mol. The topological polar surface area (TPSA) is 52.0 Å². The van der Waals surface area contributed by atoms with Gasteiger partial charge in [0.2, 0.25) is 0 Å². The number of benzene rings is 1. The number of hydrogen-bond acceptors (Lipinski definition) is 3. The van der Waals surface area contributed by atoms with Crippen molar-refractivity contribution >= 4 is 10.9 Å². The predicted molar refractivity (Wildman–Crippen MR) is 56.0 cm³/mol. The van der Waals surface area contributed by atoms with Crippen LogP contribution in [0.2, 0.25) is 0 Å². The summed E-state index contributed by atoms with van der Waals surface area (Å²) in [7, 11) is 0. The predicted octanol–water partition coefficient (Wildman–Crippen LogP) is 2.41. The van der Waals surface area contributed by atoms with E-state index >= 15 is 0 Å². The second-order valence-corrected chi connectivity index (χ2v) is 3.76. The van der Waals surface area contributed by atoms with Crippen molar-refractivity contribution in [3.63, 3.8) is 0 Å². The zero-order valence-corrected chi connectivity index (χ0v) is 8.45. The SMILES string of the molecule is CC(C)c1onc2ccc(CN)cc12. The van der Waals surface area contributed by atoms with Crippen molar-refractivity contribution < 1.29 is 4.52 Å². The van der Waals surface area contributed by atoms with Gasteiger partial charge in [-0.15, -0.1) is 0 Å². The lowest BCUT2D eigenvalue weighted by molar-refractivity contribution is 0.378. The molecule has 0 atom stereocenters. The van der Waals surface area contributed by atoms with Gasteiger partial charge in [-0.2, -0.15) is 0 Å². The molecule has 0 aliphatic carbocycles. The van der Waals surface area contributed by atoms with E-state index in [2.05, 4.69) is 25.1 Å². The summed E-state index contributed by atoms with van der Waals surface area (Å²) in [5.41, 5.74) is 7.61. The molecule has 3 nitrogen and oxygen atoms in total. The molecule has 0 saturated heterocycles. The molecule has 3 heteroatoms. The molecular formula is C11H14N2O. The van der Waals surface area contributed by atoms with Gasteiger partial charge in [0.05, 0.1) is 0 Å². The van der Waals surface area contributed by atoms with E-state index in [9.17, 15) is 0 Å². The minimum Gasteiger partial charge on any atom is -0.360 e. The van der Waals surface area contributed by atoms with Crippen LogP contribution in [-0.4, -0.2) is 5.16 Å². The summed E-state index contributed by atoms with van der Waals surface area (Å²) in [5, 5.41) is 5.09. The van der Waals surface area contributed by atoms with Crippen LogP contribution >= 0.6 is 0 Å². The molecule has 0 unspecified atom stereocenters. The van der Waals surface area contributed by atoms with Gasteiger partial charge in [0.25, 0.3) is 0 Å². The highest BCUT2D eigenvalue weighted by Gasteiger charge is 2.11. The van der Waals surface area contributed by atoms with Gasteiger partial charge in [0.1, 0.15) is 11.3 Å². The maximum Gasteiger partial charge on any atom is 0.147 e. The largest absolute Gasteiger partial charge is 0.360 e. The molecule has 2 rings (SSSR count). The third kappa shape index (κ3) is 1.40. The zero-order valence-electron chi connectivity index (χ0n) is 8.45. The molecule has 2 aromatic rings. The van der Waals surface area contributed by atoms with Crippen LogP contribution in [0.3, 0.4) is 0 Å². The summed E-state index contributed by atoms with van der Waals surface area (Å²) in [6.45, 7) is 4.74. The van der Waals surface area contributed by atoms with Gasteiger partial charge < -0.3 is 10.3 Å². The number of rotatable bonds is 2. The number of hydrogen-bond donors (Lipinski definition) is 1. The van der Waals surface area contributed by atoms with Crippen molar-refractivity contribution in [3.05, 3.63) is 29.5 Å². The number of nitrogens with zero attached hydrogens (tertiary/aromatic N) is 1. The van der Waals surface area contributed by atoms with Crippen molar-refractivity contribution in [1.29, 1.82) is 0 Å². The highest BCUT2D eigenvalue weighted by molar-refractivity contribution is 5.81. The van der Waals surface area contributed by atoms with E-state index < -0.39 is 0 Å². The molecule has 0 aliphatic rings. The van der Waals surface area contributed by atoms with E-state index in [1.807, 2.05) is 12.1 Å². The zero-order chi connectivity index (χ0) is 10.1. The molecule has 1 aromatic carbocycles. The summed E-state index contributed by atoms with van der Waals surface area (Å²) >= 11 is 0. The Labute approximate surface area is 82.9 Å². The summed E-state index contributed by atoms with van der Waals surface area (Å²) in [6.07, 6.45) is 0. The molecule has 1 heterocycles. The highest BCUT2D eigenvalue weighted by Crippen LogP contribution is 2.25. The fraction of sp³-hybridized carbons (Fsp3) is 0.364. The molecule has 0 spiro atoms. The van der Waals surface area contributed by atoms with E-state index in [0.717, 1.165) is 22.2 Å². The molecule has 0 amide bonds. The molecule has 0 saturated carbocycles. The van der Waals surface area contributed by atoms with Gasteiger partial charge in [-0.05, 0) is 17.7 Å². The lowest BCUT2D eigenvalue weighted by Crippen LogP contribution is -1.95. The lowest BCUT2D eigenvalue weighted by Gasteiger charge is -1.99. The number of aromatic nitrogens is 1. The first-order chi connectivity index (χ1) is 6.72. The highest BCUT2D eigenvalue weighted by atomic mass is 16.5. The molecule has 0 aliphatic heterocycles. The van der Waals surface area contributed by atoms with Gasteiger partial charge in [-0.1, -0.05) is 25.1 Å². The van der Waals surface area contributed by atoms with Crippen LogP contribution in [0.25, 0.3) is 10.9 Å². The van der Waals surface area contributed by atoms with Gasteiger partial charge in [-0.3, -0.25) is 0 Å². The van der Waals surface area contributed by atoms with Crippen molar-refractivity contribution in [2.45, 2.75) is 26.3 Å². The van der Waals surface area contributed by atoms with Crippen LogP contribution < -0.4 is 5.73 Å². The standard InChI is InChI=1S/C11H14N2O/c1-7(2)11-9-5-8(6-12)3-4-10(9)13-14-11/h3-5,7H,6,12H2,1-2H3. The molecule has 2 N–H and O–H groups in total. The molecule has 74 valence electrons. The van der Waals surface area contributed by atoms with Crippen molar-refractivity contribution in [2.75, 3.05) is 0 Å². The summed E-state index contributed by atoms with van der Waals surface area (Å²) in [6, 6.07) is 5.99. The molecule has 1 aromatic heterocycles. The Morgan fingerprint density at radius 1 is 1.43 bits per heavy atom. The van der Waals surface area contributed by atoms with Crippen molar-refractivity contribution in [2.24, 2.45) is 5.73 Å². The fourth-order valence-corrected chi connectivity index (χ4v) is 1.55. The second kappa shape index (κ2) is 3.42. The Bertz CT molecular complexity index is 445.